The van der Waals surface area contributed by atoms with E-state index >= 15 is 0 Å². The molecule has 0 amide bonds. The van der Waals surface area contributed by atoms with E-state index in [2.05, 4.69) is 0 Å². The number of benzene rings is 1. The Bertz CT molecular complexity index is 339. The minimum Gasteiger partial charge on any atom is -0.496 e. The van der Waals surface area contributed by atoms with E-state index in [0.29, 0.717) is 24.2 Å². The highest BCUT2D eigenvalue weighted by Crippen LogP contribution is 2.21. The Morgan fingerprint density at radius 3 is 2.62 bits per heavy atom. The third-order valence-electron chi connectivity index (χ3n) is 2.51. The van der Waals surface area contributed by atoms with Crippen LogP contribution in [0.2, 0.25) is 0 Å². The Labute approximate surface area is 94.5 Å². The van der Waals surface area contributed by atoms with Crippen molar-refractivity contribution in [2.24, 2.45) is 0 Å². The van der Waals surface area contributed by atoms with Crippen molar-refractivity contribution in [3.63, 3.8) is 0 Å². The molecule has 0 radical (unpaired) electrons. The summed E-state index contributed by atoms with van der Waals surface area (Å²) in [6, 6.07) is 4.26. The normalized spacial score (nSPS) is 14.6. The first-order chi connectivity index (χ1) is 7.54. The molecule has 90 valence electrons. The van der Waals surface area contributed by atoms with Crippen LogP contribution in [0.3, 0.4) is 0 Å². The van der Waals surface area contributed by atoms with Crippen LogP contribution < -0.4 is 4.74 Å². The van der Waals surface area contributed by atoms with Gasteiger partial charge in [0, 0.05) is 0 Å². The zero-order chi connectivity index (χ0) is 12.1. The van der Waals surface area contributed by atoms with Gasteiger partial charge >= 0.3 is 0 Å². The lowest BCUT2D eigenvalue weighted by molar-refractivity contribution is 0.0264. The summed E-state index contributed by atoms with van der Waals surface area (Å²) >= 11 is 0. The van der Waals surface area contributed by atoms with E-state index in [-0.39, 0.29) is 5.82 Å². The van der Waals surface area contributed by atoms with Gasteiger partial charge in [-0.25, -0.2) is 4.39 Å². The second-order valence-corrected chi connectivity index (χ2v) is 3.80. The highest BCUT2D eigenvalue weighted by atomic mass is 19.1. The minimum atomic E-state index is -0.798. The molecule has 0 aliphatic carbocycles. The van der Waals surface area contributed by atoms with Crippen molar-refractivity contribution in [2.45, 2.75) is 32.0 Å². The van der Waals surface area contributed by atoms with E-state index in [1.165, 1.54) is 26.2 Å². The lowest BCUT2D eigenvalue weighted by atomic mass is 10.0. The summed E-state index contributed by atoms with van der Waals surface area (Å²) in [6.07, 6.45) is -0.739. The number of ether oxygens (including phenoxy) is 1. The average Bonchev–Trinajstić information content (AvgIpc) is 2.25. The number of methoxy groups -OCH3 is 1. The summed E-state index contributed by atoms with van der Waals surface area (Å²) in [4.78, 5) is 0. The van der Waals surface area contributed by atoms with Gasteiger partial charge in [0.25, 0.3) is 0 Å². The topological polar surface area (TPSA) is 49.7 Å². The molecule has 0 bridgehead atoms. The van der Waals surface area contributed by atoms with Crippen LogP contribution in [0.1, 0.15) is 18.9 Å². The summed E-state index contributed by atoms with van der Waals surface area (Å²) in [5, 5.41) is 18.6. The number of hydrogen-bond donors (Lipinski definition) is 2. The molecule has 4 heteroatoms. The standard InChI is InChI=1S/C12H17FO3/c1-8(14)11(15)5-3-9-7-10(13)4-6-12(9)16-2/h4,6-8,11,14-15H,3,5H2,1-2H3. The first-order valence-corrected chi connectivity index (χ1v) is 5.23. The molecule has 2 unspecified atom stereocenters. The van der Waals surface area contributed by atoms with Gasteiger partial charge < -0.3 is 14.9 Å². The van der Waals surface area contributed by atoms with Crippen LogP contribution in [0.4, 0.5) is 4.39 Å². The summed E-state index contributed by atoms with van der Waals surface area (Å²) in [5.74, 6) is 0.265. The lowest BCUT2D eigenvalue weighted by Crippen LogP contribution is -2.22. The third-order valence-corrected chi connectivity index (χ3v) is 2.51. The molecular weight excluding hydrogens is 211 g/mol. The molecule has 16 heavy (non-hydrogen) atoms. The quantitative estimate of drug-likeness (QED) is 0.803. The first kappa shape index (κ1) is 12.9. The van der Waals surface area contributed by atoms with Crippen LogP contribution >= 0.6 is 0 Å². The Balaban J connectivity index is 2.68. The summed E-state index contributed by atoms with van der Waals surface area (Å²) in [7, 11) is 1.52. The second kappa shape index (κ2) is 5.82. The van der Waals surface area contributed by atoms with E-state index in [1.807, 2.05) is 0 Å². The maximum atomic E-state index is 13.0. The molecule has 3 nitrogen and oxygen atoms in total. The van der Waals surface area contributed by atoms with Crippen LogP contribution in [-0.2, 0) is 6.42 Å². The molecule has 0 aromatic heterocycles. The molecule has 1 aromatic carbocycles. The van der Waals surface area contributed by atoms with E-state index in [0.717, 1.165) is 0 Å². The Kier molecular flexibility index (Phi) is 4.71. The van der Waals surface area contributed by atoms with Crippen molar-refractivity contribution in [3.8, 4) is 5.75 Å². The molecule has 0 aliphatic rings. The second-order valence-electron chi connectivity index (χ2n) is 3.80. The predicted octanol–water partition coefficient (Wildman–Crippen LogP) is 1.51. The van der Waals surface area contributed by atoms with Gasteiger partial charge in [-0.3, -0.25) is 0 Å². The van der Waals surface area contributed by atoms with Crippen molar-refractivity contribution < 1.29 is 19.3 Å². The van der Waals surface area contributed by atoms with Crippen LogP contribution in [-0.4, -0.2) is 29.5 Å². The van der Waals surface area contributed by atoms with Gasteiger partial charge in [-0.1, -0.05) is 0 Å². The summed E-state index contributed by atoms with van der Waals surface area (Å²) < 4.78 is 18.1. The molecular formula is C12H17FO3. The number of rotatable bonds is 5. The van der Waals surface area contributed by atoms with Crippen LogP contribution in [0, 0.1) is 5.82 Å². The number of aryl methyl sites for hydroxylation is 1. The molecule has 2 N–H and O–H groups in total. The number of hydrogen-bond acceptors (Lipinski definition) is 3. The van der Waals surface area contributed by atoms with Gasteiger partial charge in [-0.15, -0.1) is 0 Å². The maximum Gasteiger partial charge on any atom is 0.123 e. The van der Waals surface area contributed by atoms with E-state index < -0.39 is 12.2 Å². The van der Waals surface area contributed by atoms with E-state index in [1.54, 1.807) is 6.07 Å². The van der Waals surface area contributed by atoms with Crippen molar-refractivity contribution in [3.05, 3.63) is 29.6 Å². The smallest absolute Gasteiger partial charge is 0.123 e. The van der Waals surface area contributed by atoms with Crippen molar-refractivity contribution in [2.75, 3.05) is 7.11 Å². The average molecular weight is 228 g/mol. The Hall–Kier alpha value is -1.13. The number of aliphatic hydroxyl groups excluding tert-OH is 2. The number of aliphatic hydroxyl groups is 2. The highest BCUT2D eigenvalue weighted by Gasteiger charge is 2.12. The van der Waals surface area contributed by atoms with Gasteiger partial charge in [0.2, 0.25) is 0 Å². The van der Waals surface area contributed by atoms with Crippen molar-refractivity contribution >= 4 is 0 Å². The first-order valence-electron chi connectivity index (χ1n) is 5.23. The molecule has 0 fully saturated rings. The maximum absolute atomic E-state index is 13.0. The van der Waals surface area contributed by atoms with Gasteiger partial charge in [0.15, 0.2) is 0 Å². The van der Waals surface area contributed by atoms with E-state index in [9.17, 15) is 9.50 Å². The highest BCUT2D eigenvalue weighted by molar-refractivity contribution is 5.34. The molecule has 0 heterocycles. The van der Waals surface area contributed by atoms with Gasteiger partial charge in [-0.2, -0.15) is 0 Å². The molecule has 0 spiro atoms. The fourth-order valence-electron chi connectivity index (χ4n) is 1.49. The molecule has 0 saturated carbocycles. The fraction of sp³-hybridized carbons (Fsp3) is 0.500. The Morgan fingerprint density at radius 1 is 1.38 bits per heavy atom. The zero-order valence-electron chi connectivity index (χ0n) is 9.48. The van der Waals surface area contributed by atoms with Crippen molar-refractivity contribution in [1.82, 2.24) is 0 Å². The summed E-state index contributed by atoms with van der Waals surface area (Å²) in [5.41, 5.74) is 0.696. The van der Waals surface area contributed by atoms with Gasteiger partial charge in [0.05, 0.1) is 19.3 Å². The van der Waals surface area contributed by atoms with Crippen LogP contribution in [0.25, 0.3) is 0 Å². The molecule has 1 rings (SSSR count). The van der Waals surface area contributed by atoms with Gasteiger partial charge in [0.1, 0.15) is 11.6 Å². The monoisotopic (exact) mass is 228 g/mol. The lowest BCUT2D eigenvalue weighted by Gasteiger charge is -2.14. The van der Waals surface area contributed by atoms with Crippen LogP contribution in [0.15, 0.2) is 18.2 Å². The SMILES string of the molecule is COc1ccc(F)cc1CCC(O)C(C)O. The molecule has 0 saturated heterocycles. The molecule has 0 aliphatic heterocycles. The number of halogens is 1. The third kappa shape index (κ3) is 3.47. The fourth-order valence-corrected chi connectivity index (χ4v) is 1.49. The van der Waals surface area contributed by atoms with Crippen molar-refractivity contribution in [1.29, 1.82) is 0 Å². The minimum absolute atomic E-state index is 0.331. The molecule has 2 atom stereocenters. The Morgan fingerprint density at radius 2 is 2.06 bits per heavy atom. The van der Waals surface area contributed by atoms with E-state index in [4.69, 9.17) is 9.84 Å². The summed E-state index contributed by atoms with van der Waals surface area (Å²) in [6.45, 7) is 1.52. The predicted molar refractivity (Wildman–Crippen MR) is 59.0 cm³/mol. The van der Waals surface area contributed by atoms with Crippen LogP contribution in [0.5, 0.6) is 5.75 Å². The van der Waals surface area contributed by atoms with Gasteiger partial charge in [-0.05, 0) is 43.5 Å². The zero-order valence-corrected chi connectivity index (χ0v) is 9.48. The largest absolute Gasteiger partial charge is 0.496 e. The molecule has 1 aromatic rings.